The van der Waals surface area contributed by atoms with Gasteiger partial charge in [-0.3, -0.25) is 0 Å². The lowest BCUT2D eigenvalue weighted by Crippen LogP contribution is -2.14. The van der Waals surface area contributed by atoms with Gasteiger partial charge in [-0.2, -0.15) is 0 Å². The number of ether oxygens (including phenoxy) is 2. The second-order valence-corrected chi connectivity index (χ2v) is 5.49. The van der Waals surface area contributed by atoms with Crippen LogP contribution in [0.4, 0.5) is 4.39 Å². The summed E-state index contributed by atoms with van der Waals surface area (Å²) in [5, 5.41) is 0.792. The number of benzene rings is 2. The summed E-state index contributed by atoms with van der Waals surface area (Å²) in [6.07, 6.45) is 0. The molecule has 0 bridgehead atoms. The Morgan fingerprint density at radius 1 is 1.16 bits per heavy atom. The van der Waals surface area contributed by atoms with Crippen molar-refractivity contribution in [3.8, 4) is 5.75 Å². The minimum absolute atomic E-state index is 0.0360. The molecule has 2 aromatic carbocycles. The number of hydrogen-bond donors (Lipinski definition) is 0. The average molecular weight is 342 g/mol. The first-order chi connectivity index (χ1) is 12.0. The lowest BCUT2D eigenvalue weighted by Gasteiger charge is -2.08. The van der Waals surface area contributed by atoms with E-state index in [4.69, 9.17) is 13.9 Å². The Balaban J connectivity index is 1.60. The van der Waals surface area contributed by atoms with Crippen LogP contribution in [0.15, 0.2) is 57.7 Å². The zero-order valence-corrected chi connectivity index (χ0v) is 13.5. The topological polar surface area (TPSA) is 65.7 Å². The predicted molar refractivity (Wildman–Crippen MR) is 88.9 cm³/mol. The van der Waals surface area contributed by atoms with Gasteiger partial charge in [0, 0.05) is 17.5 Å². The van der Waals surface area contributed by atoms with E-state index in [-0.39, 0.29) is 13.2 Å². The van der Waals surface area contributed by atoms with Gasteiger partial charge < -0.3 is 13.9 Å². The van der Waals surface area contributed by atoms with Gasteiger partial charge in [-0.15, -0.1) is 0 Å². The number of esters is 1. The lowest BCUT2D eigenvalue weighted by molar-refractivity contribution is -0.147. The molecule has 3 rings (SSSR count). The van der Waals surface area contributed by atoms with Gasteiger partial charge in [-0.25, -0.2) is 14.0 Å². The predicted octanol–water partition coefficient (Wildman–Crippen LogP) is 3.36. The Morgan fingerprint density at radius 2 is 2.00 bits per heavy atom. The van der Waals surface area contributed by atoms with E-state index in [2.05, 4.69) is 0 Å². The summed E-state index contributed by atoms with van der Waals surface area (Å²) in [5.41, 5.74) is 1.29. The maximum absolute atomic E-state index is 13.0. The highest BCUT2D eigenvalue weighted by atomic mass is 19.1. The van der Waals surface area contributed by atoms with Crippen LogP contribution in [-0.2, 0) is 16.1 Å². The zero-order chi connectivity index (χ0) is 17.8. The fourth-order valence-electron chi connectivity index (χ4n) is 2.37. The third kappa shape index (κ3) is 4.23. The van der Waals surface area contributed by atoms with Crippen molar-refractivity contribution in [1.82, 2.24) is 0 Å². The molecule has 0 amide bonds. The molecular formula is C19H15FO5. The standard InChI is InChI=1S/C19H15FO5/c1-12-7-18(21)25-17-9-15(5-6-16(12)17)23-11-19(22)24-10-13-3-2-4-14(20)8-13/h2-9H,10-11H2,1H3. The maximum atomic E-state index is 13.0. The molecule has 0 saturated heterocycles. The van der Waals surface area contributed by atoms with Gasteiger partial charge in [-0.1, -0.05) is 12.1 Å². The van der Waals surface area contributed by atoms with Crippen molar-refractivity contribution < 1.29 is 23.1 Å². The molecule has 0 atom stereocenters. The number of aryl methyl sites for hydroxylation is 1. The molecule has 0 N–H and O–H groups in total. The summed E-state index contributed by atoms with van der Waals surface area (Å²) in [6.45, 7) is 1.46. The van der Waals surface area contributed by atoms with Crippen molar-refractivity contribution in [2.45, 2.75) is 13.5 Å². The summed E-state index contributed by atoms with van der Waals surface area (Å²) in [4.78, 5) is 23.1. The van der Waals surface area contributed by atoms with Crippen molar-refractivity contribution in [2.24, 2.45) is 0 Å². The third-order valence-corrected chi connectivity index (χ3v) is 3.57. The van der Waals surface area contributed by atoms with E-state index in [0.717, 1.165) is 10.9 Å². The monoisotopic (exact) mass is 342 g/mol. The van der Waals surface area contributed by atoms with Crippen LogP contribution < -0.4 is 10.4 Å². The fraction of sp³-hybridized carbons (Fsp3) is 0.158. The summed E-state index contributed by atoms with van der Waals surface area (Å²) in [6, 6.07) is 12.2. The van der Waals surface area contributed by atoms with Crippen LogP contribution in [0, 0.1) is 12.7 Å². The number of carbonyl (C=O) groups is 1. The van der Waals surface area contributed by atoms with E-state index in [1.165, 1.54) is 18.2 Å². The quantitative estimate of drug-likeness (QED) is 0.525. The van der Waals surface area contributed by atoms with Crippen LogP contribution in [0.25, 0.3) is 11.0 Å². The van der Waals surface area contributed by atoms with E-state index in [9.17, 15) is 14.0 Å². The molecule has 128 valence electrons. The van der Waals surface area contributed by atoms with Gasteiger partial charge in [0.2, 0.25) is 0 Å². The van der Waals surface area contributed by atoms with Crippen molar-refractivity contribution >= 4 is 16.9 Å². The number of halogens is 1. The second kappa shape index (κ2) is 7.17. The molecule has 0 radical (unpaired) electrons. The zero-order valence-electron chi connectivity index (χ0n) is 13.5. The normalized spacial score (nSPS) is 10.6. The first-order valence-corrected chi connectivity index (χ1v) is 7.58. The van der Waals surface area contributed by atoms with E-state index >= 15 is 0 Å². The van der Waals surface area contributed by atoms with Crippen LogP contribution >= 0.6 is 0 Å². The van der Waals surface area contributed by atoms with E-state index < -0.39 is 17.4 Å². The molecule has 25 heavy (non-hydrogen) atoms. The van der Waals surface area contributed by atoms with E-state index in [1.807, 2.05) is 6.92 Å². The molecule has 0 saturated carbocycles. The van der Waals surface area contributed by atoms with E-state index in [0.29, 0.717) is 16.9 Å². The van der Waals surface area contributed by atoms with Crippen LogP contribution in [0.1, 0.15) is 11.1 Å². The summed E-state index contributed by atoms with van der Waals surface area (Å²) >= 11 is 0. The Hall–Kier alpha value is -3.15. The molecule has 0 spiro atoms. The van der Waals surface area contributed by atoms with Crippen molar-refractivity contribution in [2.75, 3.05) is 6.61 Å². The van der Waals surface area contributed by atoms with Gasteiger partial charge >= 0.3 is 11.6 Å². The molecule has 0 aliphatic carbocycles. The first-order valence-electron chi connectivity index (χ1n) is 7.58. The maximum Gasteiger partial charge on any atom is 0.344 e. The first kappa shape index (κ1) is 16.7. The summed E-state index contributed by atoms with van der Waals surface area (Å²) in [7, 11) is 0. The fourth-order valence-corrected chi connectivity index (χ4v) is 2.37. The molecule has 0 aliphatic rings. The van der Waals surface area contributed by atoms with Crippen molar-refractivity contribution in [3.63, 3.8) is 0 Å². The molecule has 5 nitrogen and oxygen atoms in total. The van der Waals surface area contributed by atoms with Crippen LogP contribution in [0.3, 0.4) is 0 Å². The largest absolute Gasteiger partial charge is 0.482 e. The summed E-state index contributed by atoms with van der Waals surface area (Å²) in [5.74, 6) is -0.600. The highest BCUT2D eigenvalue weighted by molar-refractivity contribution is 5.81. The molecule has 0 aliphatic heterocycles. The average Bonchev–Trinajstić information content (AvgIpc) is 2.57. The summed E-state index contributed by atoms with van der Waals surface area (Å²) < 4.78 is 28.6. The molecule has 1 aromatic heterocycles. The number of fused-ring (bicyclic) bond motifs is 1. The minimum Gasteiger partial charge on any atom is -0.482 e. The molecule has 0 unspecified atom stereocenters. The Kier molecular flexibility index (Phi) is 4.79. The van der Waals surface area contributed by atoms with Crippen LogP contribution in [0.5, 0.6) is 5.75 Å². The molecule has 3 aromatic rings. The van der Waals surface area contributed by atoms with Crippen molar-refractivity contribution in [1.29, 1.82) is 0 Å². The molecular weight excluding hydrogens is 327 g/mol. The third-order valence-electron chi connectivity index (χ3n) is 3.57. The number of carbonyl (C=O) groups excluding carboxylic acids is 1. The number of rotatable bonds is 5. The lowest BCUT2D eigenvalue weighted by atomic mass is 10.1. The number of hydrogen-bond acceptors (Lipinski definition) is 5. The Bertz CT molecular complexity index is 977. The van der Waals surface area contributed by atoms with Gasteiger partial charge in [0.05, 0.1) is 0 Å². The van der Waals surface area contributed by atoms with Gasteiger partial charge in [0.25, 0.3) is 0 Å². The van der Waals surface area contributed by atoms with Gasteiger partial charge in [0.15, 0.2) is 6.61 Å². The Morgan fingerprint density at radius 3 is 2.80 bits per heavy atom. The smallest absolute Gasteiger partial charge is 0.344 e. The SMILES string of the molecule is Cc1cc(=O)oc2cc(OCC(=O)OCc3cccc(F)c3)ccc12. The molecule has 0 fully saturated rings. The van der Waals surface area contributed by atoms with Crippen LogP contribution in [-0.4, -0.2) is 12.6 Å². The van der Waals surface area contributed by atoms with E-state index in [1.54, 1.807) is 30.3 Å². The van der Waals surface area contributed by atoms with Gasteiger partial charge in [0.1, 0.15) is 23.8 Å². The van der Waals surface area contributed by atoms with Crippen LogP contribution in [0.2, 0.25) is 0 Å². The second-order valence-electron chi connectivity index (χ2n) is 5.49. The molecule has 1 heterocycles. The minimum atomic E-state index is -0.588. The highest BCUT2D eigenvalue weighted by Crippen LogP contribution is 2.22. The highest BCUT2D eigenvalue weighted by Gasteiger charge is 2.08. The molecule has 6 heteroatoms. The Labute approximate surface area is 142 Å². The van der Waals surface area contributed by atoms with Crippen molar-refractivity contribution in [3.05, 3.63) is 75.9 Å². The van der Waals surface area contributed by atoms with Gasteiger partial charge in [-0.05, 0) is 42.3 Å².